The zero-order valence-electron chi connectivity index (χ0n) is 14.4. The van der Waals surface area contributed by atoms with Crippen molar-refractivity contribution in [3.8, 4) is 0 Å². The number of guanidine groups is 1. The molecule has 1 aromatic rings. The van der Waals surface area contributed by atoms with Crippen molar-refractivity contribution in [3.63, 3.8) is 0 Å². The quantitative estimate of drug-likeness (QED) is 0.398. The number of likely N-dealkylation sites (tertiary alicyclic amines) is 1. The third-order valence-electron chi connectivity index (χ3n) is 4.08. The van der Waals surface area contributed by atoms with Crippen LogP contribution in [0.4, 0.5) is 0 Å². The molecule has 23 heavy (non-hydrogen) atoms. The summed E-state index contributed by atoms with van der Waals surface area (Å²) in [6.45, 7) is 9.81. The molecule has 3 N–H and O–H groups in total. The van der Waals surface area contributed by atoms with Gasteiger partial charge in [-0.3, -0.25) is 4.99 Å². The van der Waals surface area contributed by atoms with E-state index in [1.807, 2.05) is 6.07 Å². The average molecular weight is 430 g/mol. The van der Waals surface area contributed by atoms with Gasteiger partial charge in [0.25, 0.3) is 0 Å². The van der Waals surface area contributed by atoms with Crippen LogP contribution in [0.1, 0.15) is 25.8 Å². The molecule has 1 heterocycles. The maximum atomic E-state index is 5.96. The Kier molecular flexibility index (Phi) is 9.55. The third kappa shape index (κ3) is 8.01. The van der Waals surface area contributed by atoms with Gasteiger partial charge < -0.3 is 16.0 Å². The minimum absolute atomic E-state index is 0. The molecule has 0 aliphatic carbocycles. The number of nitrogens with zero attached hydrogens (tertiary/aromatic N) is 2. The molecule has 1 aromatic carbocycles. The number of nitrogens with one attached hydrogen (secondary N) is 1. The van der Waals surface area contributed by atoms with Crippen molar-refractivity contribution in [3.05, 3.63) is 35.9 Å². The Hall–Kier alpha value is -0.820. The molecule has 0 radical (unpaired) electrons. The monoisotopic (exact) mass is 430 g/mol. The lowest BCUT2D eigenvalue weighted by atomic mass is 10.1. The SMILES string of the molecule is CC(C)CN1CCC(CN=C(N)NCCc2ccccc2)C1.I. The second-order valence-corrected chi connectivity index (χ2v) is 6.70. The Labute approximate surface area is 157 Å². The van der Waals surface area contributed by atoms with E-state index in [-0.39, 0.29) is 24.0 Å². The standard InChI is InChI=1S/C18H30N4.HI/c1-15(2)13-22-11-9-17(14-22)12-21-18(19)20-10-8-16-6-4-3-5-7-16;/h3-7,15,17H,8-14H2,1-2H3,(H3,19,20,21);1H. The molecule has 0 aromatic heterocycles. The van der Waals surface area contributed by atoms with E-state index in [0.29, 0.717) is 11.9 Å². The van der Waals surface area contributed by atoms with Crippen molar-refractivity contribution in [1.29, 1.82) is 0 Å². The predicted octanol–water partition coefficient (Wildman–Crippen LogP) is 2.73. The molecular formula is C18H31IN4. The lowest BCUT2D eigenvalue weighted by Crippen LogP contribution is -2.34. The average Bonchev–Trinajstić information content (AvgIpc) is 2.93. The van der Waals surface area contributed by atoms with Crippen LogP contribution in [-0.2, 0) is 6.42 Å². The molecule has 1 fully saturated rings. The first-order chi connectivity index (χ1) is 10.6. The zero-order valence-corrected chi connectivity index (χ0v) is 16.7. The number of nitrogens with two attached hydrogens (primary N) is 1. The van der Waals surface area contributed by atoms with Gasteiger partial charge in [0.05, 0.1) is 0 Å². The second kappa shape index (κ2) is 10.9. The molecule has 0 bridgehead atoms. The molecule has 5 heteroatoms. The Bertz CT molecular complexity index is 461. The smallest absolute Gasteiger partial charge is 0.188 e. The van der Waals surface area contributed by atoms with E-state index < -0.39 is 0 Å². The summed E-state index contributed by atoms with van der Waals surface area (Å²) in [6.07, 6.45) is 2.22. The molecule has 0 amide bonds. The van der Waals surface area contributed by atoms with Crippen LogP contribution in [-0.4, -0.2) is 43.6 Å². The van der Waals surface area contributed by atoms with Crippen molar-refractivity contribution in [1.82, 2.24) is 10.2 Å². The summed E-state index contributed by atoms with van der Waals surface area (Å²) in [5, 5.41) is 3.21. The van der Waals surface area contributed by atoms with E-state index in [9.17, 15) is 0 Å². The fourth-order valence-electron chi connectivity index (χ4n) is 3.01. The highest BCUT2D eigenvalue weighted by molar-refractivity contribution is 14.0. The maximum Gasteiger partial charge on any atom is 0.188 e. The van der Waals surface area contributed by atoms with Crippen LogP contribution in [0, 0.1) is 11.8 Å². The van der Waals surface area contributed by atoms with Crippen molar-refractivity contribution >= 4 is 29.9 Å². The predicted molar refractivity (Wildman–Crippen MR) is 109 cm³/mol. The summed E-state index contributed by atoms with van der Waals surface area (Å²) >= 11 is 0. The first-order valence-corrected chi connectivity index (χ1v) is 8.43. The van der Waals surface area contributed by atoms with E-state index in [1.54, 1.807) is 0 Å². The first kappa shape index (κ1) is 20.2. The van der Waals surface area contributed by atoms with Gasteiger partial charge in [0.15, 0.2) is 5.96 Å². The Balaban J connectivity index is 0.00000264. The van der Waals surface area contributed by atoms with E-state index in [0.717, 1.165) is 25.4 Å². The van der Waals surface area contributed by atoms with Crippen molar-refractivity contribution in [2.24, 2.45) is 22.6 Å². The number of aliphatic imine (C=N–C) groups is 1. The number of rotatable bonds is 7. The van der Waals surface area contributed by atoms with Gasteiger partial charge >= 0.3 is 0 Å². The highest BCUT2D eigenvalue weighted by atomic mass is 127. The van der Waals surface area contributed by atoms with Gasteiger partial charge in [-0.05, 0) is 36.8 Å². The van der Waals surface area contributed by atoms with Crippen LogP contribution in [0.5, 0.6) is 0 Å². The summed E-state index contributed by atoms with van der Waals surface area (Å²) in [4.78, 5) is 7.05. The summed E-state index contributed by atoms with van der Waals surface area (Å²) in [5.74, 6) is 1.98. The second-order valence-electron chi connectivity index (χ2n) is 6.70. The van der Waals surface area contributed by atoms with Gasteiger partial charge in [-0.2, -0.15) is 0 Å². The van der Waals surface area contributed by atoms with Crippen molar-refractivity contribution < 1.29 is 0 Å². The van der Waals surface area contributed by atoms with Crippen LogP contribution in [0.2, 0.25) is 0 Å². The topological polar surface area (TPSA) is 53.6 Å². The van der Waals surface area contributed by atoms with Crippen LogP contribution in [0.25, 0.3) is 0 Å². The molecular weight excluding hydrogens is 399 g/mol. The van der Waals surface area contributed by atoms with Crippen LogP contribution < -0.4 is 11.1 Å². The zero-order chi connectivity index (χ0) is 15.8. The number of benzene rings is 1. The molecule has 130 valence electrons. The fourth-order valence-corrected chi connectivity index (χ4v) is 3.01. The molecule has 1 aliphatic rings. The molecule has 1 saturated heterocycles. The van der Waals surface area contributed by atoms with Gasteiger partial charge in [-0.15, -0.1) is 24.0 Å². The third-order valence-corrected chi connectivity index (χ3v) is 4.08. The molecule has 1 aliphatic heterocycles. The highest BCUT2D eigenvalue weighted by Crippen LogP contribution is 2.17. The van der Waals surface area contributed by atoms with Gasteiger partial charge in [-0.1, -0.05) is 44.2 Å². The lowest BCUT2D eigenvalue weighted by Gasteiger charge is -2.17. The molecule has 0 spiro atoms. The first-order valence-electron chi connectivity index (χ1n) is 8.43. The van der Waals surface area contributed by atoms with Gasteiger partial charge in [0, 0.05) is 26.2 Å². The van der Waals surface area contributed by atoms with E-state index in [1.165, 1.54) is 31.6 Å². The highest BCUT2D eigenvalue weighted by Gasteiger charge is 2.22. The number of halogens is 1. The summed E-state index contributed by atoms with van der Waals surface area (Å²) < 4.78 is 0. The Morgan fingerprint density at radius 1 is 1.35 bits per heavy atom. The number of hydrogen-bond donors (Lipinski definition) is 2. The lowest BCUT2D eigenvalue weighted by molar-refractivity contribution is 0.288. The van der Waals surface area contributed by atoms with Gasteiger partial charge in [0.1, 0.15) is 0 Å². The minimum Gasteiger partial charge on any atom is -0.370 e. The molecule has 2 rings (SSSR count). The van der Waals surface area contributed by atoms with Crippen LogP contribution >= 0.6 is 24.0 Å². The van der Waals surface area contributed by atoms with Crippen LogP contribution in [0.15, 0.2) is 35.3 Å². The largest absolute Gasteiger partial charge is 0.370 e. The summed E-state index contributed by atoms with van der Waals surface area (Å²) in [7, 11) is 0. The summed E-state index contributed by atoms with van der Waals surface area (Å²) in [5.41, 5.74) is 7.28. The van der Waals surface area contributed by atoms with Crippen molar-refractivity contribution in [2.45, 2.75) is 26.7 Å². The van der Waals surface area contributed by atoms with Crippen LogP contribution in [0.3, 0.4) is 0 Å². The molecule has 4 nitrogen and oxygen atoms in total. The summed E-state index contributed by atoms with van der Waals surface area (Å²) in [6, 6.07) is 10.4. The van der Waals surface area contributed by atoms with E-state index in [4.69, 9.17) is 5.73 Å². The van der Waals surface area contributed by atoms with E-state index >= 15 is 0 Å². The normalized spacial score (nSPS) is 18.9. The van der Waals surface area contributed by atoms with Gasteiger partial charge in [-0.25, -0.2) is 0 Å². The van der Waals surface area contributed by atoms with E-state index in [2.05, 4.69) is 53.3 Å². The fraction of sp³-hybridized carbons (Fsp3) is 0.611. The Morgan fingerprint density at radius 3 is 2.78 bits per heavy atom. The molecule has 0 saturated carbocycles. The van der Waals surface area contributed by atoms with Gasteiger partial charge in [0.2, 0.25) is 0 Å². The maximum absolute atomic E-state index is 5.96. The minimum atomic E-state index is 0. The Morgan fingerprint density at radius 2 is 2.09 bits per heavy atom. The van der Waals surface area contributed by atoms with Crippen molar-refractivity contribution in [2.75, 3.05) is 32.7 Å². The molecule has 1 unspecified atom stereocenters. The molecule has 1 atom stereocenters. The number of hydrogen-bond acceptors (Lipinski definition) is 2.